The van der Waals surface area contributed by atoms with Crippen molar-refractivity contribution < 1.29 is 19.1 Å². The van der Waals surface area contributed by atoms with Gasteiger partial charge in [0.2, 0.25) is 0 Å². The van der Waals surface area contributed by atoms with E-state index in [0.717, 1.165) is 0 Å². The van der Waals surface area contributed by atoms with Gasteiger partial charge in [0.15, 0.2) is 6.61 Å². The zero-order chi connectivity index (χ0) is 20.4. The molecule has 2 rings (SSSR count). The number of nitriles is 2. The van der Waals surface area contributed by atoms with Crippen molar-refractivity contribution in [1.29, 1.82) is 10.5 Å². The van der Waals surface area contributed by atoms with E-state index in [1.165, 1.54) is 12.1 Å². The van der Waals surface area contributed by atoms with Crippen LogP contribution < -0.4 is 10.1 Å². The minimum absolute atomic E-state index is 0.233. The Kier molecular flexibility index (Phi) is 7.33. The highest BCUT2D eigenvalue weighted by Crippen LogP contribution is 2.15. The molecule has 0 spiro atoms. The third kappa shape index (κ3) is 6.01. The van der Waals surface area contributed by atoms with Crippen molar-refractivity contribution in [2.24, 2.45) is 0 Å². The van der Waals surface area contributed by atoms with E-state index >= 15 is 0 Å². The Hall–Kier alpha value is -4.10. The Bertz CT molecular complexity index is 966. The lowest BCUT2D eigenvalue weighted by atomic mass is 10.1. The van der Waals surface area contributed by atoms with Gasteiger partial charge in [-0.2, -0.15) is 10.5 Å². The van der Waals surface area contributed by atoms with Crippen LogP contribution in [0.5, 0.6) is 5.75 Å². The predicted octanol–water partition coefficient (Wildman–Crippen LogP) is 3.05. The third-order valence-electron chi connectivity index (χ3n) is 3.45. The molecule has 7 nitrogen and oxygen atoms in total. The van der Waals surface area contributed by atoms with Crippen LogP contribution >= 0.6 is 0 Å². The summed E-state index contributed by atoms with van der Waals surface area (Å²) >= 11 is 0. The fraction of sp³-hybridized carbons (Fsp3) is 0.143. The monoisotopic (exact) mass is 375 g/mol. The van der Waals surface area contributed by atoms with E-state index in [1.807, 2.05) is 13.0 Å². The molecule has 0 aliphatic heterocycles. The molecular weight excluding hydrogens is 358 g/mol. The first kappa shape index (κ1) is 20.2. The molecule has 0 aliphatic rings. The lowest BCUT2D eigenvalue weighted by molar-refractivity contribution is -0.142. The molecule has 0 heterocycles. The molecule has 0 saturated carbocycles. The van der Waals surface area contributed by atoms with Crippen molar-refractivity contribution in [3.05, 3.63) is 65.2 Å². The molecule has 2 aromatic rings. The average molecular weight is 375 g/mol. The second-order valence-corrected chi connectivity index (χ2v) is 5.49. The van der Waals surface area contributed by atoms with Crippen molar-refractivity contribution in [1.82, 2.24) is 0 Å². The molecule has 0 saturated heterocycles. The van der Waals surface area contributed by atoms with Crippen LogP contribution in [0.15, 0.2) is 54.1 Å². The molecule has 0 aliphatic carbocycles. The molecule has 1 N–H and O–H groups in total. The molecule has 0 fully saturated rings. The number of hydrogen-bond donors (Lipinski definition) is 1. The van der Waals surface area contributed by atoms with E-state index in [4.69, 9.17) is 14.7 Å². The van der Waals surface area contributed by atoms with Gasteiger partial charge in [0.05, 0.1) is 18.2 Å². The average Bonchev–Trinajstić information content (AvgIpc) is 2.71. The standard InChI is InChI=1S/C21H17N3O4/c1-2-27-19-8-6-15(7-9-19)10-17(13-23)21(26)28-14-20(25)24-18-5-3-4-16(11-18)12-22/h3-11H,2,14H2,1H3,(H,24,25)/b17-10+. The fourth-order valence-electron chi connectivity index (χ4n) is 2.20. The molecule has 0 atom stereocenters. The smallest absolute Gasteiger partial charge is 0.349 e. The van der Waals surface area contributed by atoms with Crippen LogP contribution in [0.4, 0.5) is 5.69 Å². The second-order valence-electron chi connectivity index (χ2n) is 5.49. The number of carbonyl (C=O) groups is 2. The van der Waals surface area contributed by atoms with Gasteiger partial charge in [-0.3, -0.25) is 4.79 Å². The molecule has 1 amide bonds. The Labute approximate surface area is 162 Å². The van der Waals surface area contributed by atoms with E-state index in [-0.39, 0.29) is 5.57 Å². The SMILES string of the molecule is CCOc1ccc(/C=C(\C#N)C(=O)OCC(=O)Nc2cccc(C#N)c2)cc1. The third-order valence-corrected chi connectivity index (χ3v) is 3.45. The summed E-state index contributed by atoms with van der Waals surface area (Å²) in [5, 5.41) is 20.5. The highest BCUT2D eigenvalue weighted by Gasteiger charge is 2.13. The summed E-state index contributed by atoms with van der Waals surface area (Å²) in [7, 11) is 0. The zero-order valence-corrected chi connectivity index (χ0v) is 15.1. The first-order valence-corrected chi connectivity index (χ1v) is 8.37. The Morgan fingerprint density at radius 1 is 1.14 bits per heavy atom. The van der Waals surface area contributed by atoms with E-state index in [1.54, 1.807) is 48.5 Å². The van der Waals surface area contributed by atoms with Crippen LogP contribution in [-0.4, -0.2) is 25.1 Å². The largest absolute Gasteiger partial charge is 0.494 e. The maximum Gasteiger partial charge on any atom is 0.349 e. The number of carbonyl (C=O) groups excluding carboxylic acids is 2. The van der Waals surface area contributed by atoms with E-state index in [9.17, 15) is 14.9 Å². The van der Waals surface area contributed by atoms with Gasteiger partial charge in [-0.1, -0.05) is 18.2 Å². The summed E-state index contributed by atoms with van der Waals surface area (Å²) in [6.07, 6.45) is 1.37. The van der Waals surface area contributed by atoms with Gasteiger partial charge < -0.3 is 14.8 Å². The fourth-order valence-corrected chi connectivity index (χ4v) is 2.20. The van der Waals surface area contributed by atoms with Gasteiger partial charge >= 0.3 is 5.97 Å². The summed E-state index contributed by atoms with van der Waals surface area (Å²) in [6.45, 7) is 1.85. The van der Waals surface area contributed by atoms with Crippen molar-refractivity contribution in [3.63, 3.8) is 0 Å². The molecule has 28 heavy (non-hydrogen) atoms. The lowest BCUT2D eigenvalue weighted by Gasteiger charge is -2.06. The van der Waals surface area contributed by atoms with Crippen LogP contribution in [0.1, 0.15) is 18.1 Å². The highest BCUT2D eigenvalue weighted by molar-refractivity contribution is 6.00. The lowest BCUT2D eigenvalue weighted by Crippen LogP contribution is -2.21. The van der Waals surface area contributed by atoms with E-state index < -0.39 is 18.5 Å². The number of nitrogens with one attached hydrogen (secondary N) is 1. The van der Waals surface area contributed by atoms with Crippen LogP contribution in [0.2, 0.25) is 0 Å². The molecule has 0 bridgehead atoms. The summed E-state index contributed by atoms with van der Waals surface area (Å²) in [5.41, 5.74) is 1.18. The topological polar surface area (TPSA) is 112 Å². The van der Waals surface area contributed by atoms with Crippen LogP contribution in [0.3, 0.4) is 0 Å². The summed E-state index contributed by atoms with van der Waals surface area (Å²) in [4.78, 5) is 23.9. The Morgan fingerprint density at radius 3 is 2.54 bits per heavy atom. The van der Waals surface area contributed by atoms with Crippen LogP contribution in [0, 0.1) is 22.7 Å². The minimum atomic E-state index is -0.905. The van der Waals surface area contributed by atoms with Crippen molar-refractivity contribution in [2.75, 3.05) is 18.5 Å². The summed E-state index contributed by atoms with van der Waals surface area (Å²) in [6, 6.07) is 16.9. The van der Waals surface area contributed by atoms with Gasteiger partial charge in [-0.25, -0.2) is 4.79 Å². The van der Waals surface area contributed by atoms with Gasteiger partial charge in [0, 0.05) is 5.69 Å². The van der Waals surface area contributed by atoms with Crippen molar-refractivity contribution in [2.45, 2.75) is 6.92 Å². The number of hydrogen-bond acceptors (Lipinski definition) is 6. The van der Waals surface area contributed by atoms with E-state index in [2.05, 4.69) is 5.32 Å². The molecule has 0 aromatic heterocycles. The maximum atomic E-state index is 12.0. The summed E-state index contributed by atoms with van der Waals surface area (Å²) < 4.78 is 10.2. The highest BCUT2D eigenvalue weighted by atomic mass is 16.5. The zero-order valence-electron chi connectivity index (χ0n) is 15.1. The number of benzene rings is 2. The maximum absolute atomic E-state index is 12.0. The van der Waals surface area contributed by atoms with Crippen LogP contribution in [0.25, 0.3) is 6.08 Å². The van der Waals surface area contributed by atoms with Gasteiger partial charge in [0.25, 0.3) is 5.91 Å². The van der Waals surface area contributed by atoms with Gasteiger partial charge in [-0.05, 0) is 48.9 Å². The molecule has 140 valence electrons. The molecule has 2 aromatic carbocycles. The van der Waals surface area contributed by atoms with Crippen molar-refractivity contribution >= 4 is 23.6 Å². The Morgan fingerprint density at radius 2 is 1.89 bits per heavy atom. The van der Waals surface area contributed by atoms with E-state index in [0.29, 0.717) is 29.2 Å². The molecule has 0 radical (unpaired) electrons. The number of nitrogens with zero attached hydrogens (tertiary/aromatic N) is 2. The number of rotatable bonds is 7. The number of amides is 1. The minimum Gasteiger partial charge on any atom is -0.494 e. The first-order chi connectivity index (χ1) is 13.5. The van der Waals surface area contributed by atoms with Crippen LogP contribution in [-0.2, 0) is 14.3 Å². The number of anilines is 1. The first-order valence-electron chi connectivity index (χ1n) is 8.37. The summed E-state index contributed by atoms with van der Waals surface area (Å²) in [5.74, 6) is -0.808. The molecular formula is C21H17N3O4. The second kappa shape index (κ2) is 10.1. The molecule has 0 unspecified atom stereocenters. The molecule has 7 heteroatoms. The van der Waals surface area contributed by atoms with Gasteiger partial charge in [0.1, 0.15) is 17.4 Å². The van der Waals surface area contributed by atoms with Crippen molar-refractivity contribution in [3.8, 4) is 17.9 Å². The predicted molar refractivity (Wildman–Crippen MR) is 102 cm³/mol. The quantitative estimate of drug-likeness (QED) is 0.452. The Balaban J connectivity index is 1.95. The number of ether oxygens (including phenoxy) is 2. The number of esters is 1. The normalized spacial score (nSPS) is 10.3. The van der Waals surface area contributed by atoms with Gasteiger partial charge in [-0.15, -0.1) is 0 Å².